The van der Waals surface area contributed by atoms with Gasteiger partial charge < -0.3 is 60.2 Å². The molecule has 3 fully saturated rings. The van der Waals surface area contributed by atoms with Crippen LogP contribution in [-0.2, 0) is 59.0 Å². The summed E-state index contributed by atoms with van der Waals surface area (Å²) in [6, 6.07) is 15.0. The molecule has 30 heteroatoms. The first-order chi connectivity index (χ1) is 45.3. The van der Waals surface area contributed by atoms with Gasteiger partial charge in [0, 0.05) is 125 Å². The molecule has 2 aromatic carbocycles. The predicted octanol–water partition coefficient (Wildman–Crippen LogP) is 2.02. The lowest BCUT2D eigenvalue weighted by molar-refractivity contribution is -0.140. The summed E-state index contributed by atoms with van der Waals surface area (Å²) in [5.41, 5.74) is 0.310. The number of aliphatic hydroxyl groups excluding tert-OH is 1. The number of aliphatic carboxylic acids is 1. The number of fused-ring (bicyclic) bond motifs is 1. The first kappa shape index (κ1) is 76.2. The summed E-state index contributed by atoms with van der Waals surface area (Å²) in [5, 5.41) is 41.8. The third kappa shape index (κ3) is 27.5. The third-order valence-corrected chi connectivity index (χ3v) is 18.3. The summed E-state index contributed by atoms with van der Waals surface area (Å²) >= 11 is 3.55. The Hall–Kier alpha value is -6.86. The first-order valence-corrected chi connectivity index (χ1v) is 34.2. The molecule has 4 atom stereocenters. The number of benzene rings is 2. The SMILES string of the molecule is CC1(F)C[C@H](C#N)N(C(=O)CNC(=O)c2ccnc3ccc(OCCCCC4CCN(C(=O)[C@H](O)CSCCNC(=O)[C@H](CCOCCNC(=O)CCCc5ccc(I)cc5)NC(=O)CN5CCN(COC=O)CCN(COC=O)CCN(CC(=O)O)CC5)CC4)cc23)C1. The maximum atomic E-state index is 14.6. The molecule has 3 aliphatic rings. The Morgan fingerprint density at radius 3 is 2.15 bits per heavy atom. The number of carboxylic acid groups (broad SMARTS) is 1. The fraction of sp³-hybridized carbons (Fsp3) is 0.609. The number of carbonyl (C=O) groups is 9. The van der Waals surface area contributed by atoms with Gasteiger partial charge in [0.25, 0.3) is 24.8 Å². The molecule has 1 unspecified atom stereocenters. The number of hydrogen-bond donors (Lipinski definition) is 6. The van der Waals surface area contributed by atoms with Crippen LogP contribution in [-0.4, -0.2) is 272 Å². The van der Waals surface area contributed by atoms with E-state index in [4.69, 9.17) is 18.9 Å². The van der Waals surface area contributed by atoms with E-state index >= 15 is 0 Å². The Balaban J connectivity index is 0.918. The summed E-state index contributed by atoms with van der Waals surface area (Å²) in [7, 11) is 0. The highest BCUT2D eigenvalue weighted by molar-refractivity contribution is 14.1. The van der Waals surface area contributed by atoms with Crippen molar-refractivity contribution in [2.24, 2.45) is 5.92 Å². The molecule has 0 spiro atoms. The number of hydrogen-bond acceptors (Lipinski definition) is 21. The highest BCUT2D eigenvalue weighted by Gasteiger charge is 2.43. The van der Waals surface area contributed by atoms with Gasteiger partial charge in [0.1, 0.15) is 43.1 Å². The number of aromatic nitrogens is 1. The number of likely N-dealkylation sites (tertiary alicyclic amines) is 2. The number of carboxylic acids is 1. The first-order valence-electron chi connectivity index (χ1n) is 31.9. The number of nitriles is 1. The largest absolute Gasteiger partial charge is 0.494 e. The van der Waals surface area contributed by atoms with Crippen LogP contribution >= 0.6 is 34.4 Å². The molecule has 4 heterocycles. The van der Waals surface area contributed by atoms with Gasteiger partial charge in [0.05, 0.1) is 56.5 Å². The van der Waals surface area contributed by atoms with Crippen LogP contribution in [0.25, 0.3) is 10.9 Å². The van der Waals surface area contributed by atoms with Gasteiger partial charge in [-0.05, 0) is 122 Å². The second-order valence-electron chi connectivity index (χ2n) is 23.8. The third-order valence-electron chi connectivity index (χ3n) is 16.5. The standard InChI is InChI=1S/C64H90FIN12O15S/c1-64(65)36-50(37-67)78(42-64)59(84)38-71-61(87)52-14-18-68-54-13-12-51(35-53(52)54)93-31-3-2-5-48-15-21-77(22-16-48)63(89)56(81)41-94-34-20-70-62(88)55(17-32-90-33-19-69-57(82)7-4-6-47-8-10-49(66)11-9-47)72-58(83)39-73-23-24-74(40-60(85)86)26-28-76(44-92-46-80)30-29-75(27-25-73)43-91-45-79/h8-14,18,35,45-46,48,50,55-56,81H,2-7,15-17,19-34,36,38-44H2,1H3,(H,69,82)(H,70,88)(H,71,87)(H,72,83)(H,85,86)/t50-,55+,56-,64?/m1/s1. The molecule has 3 aromatic rings. The molecule has 27 nitrogen and oxygen atoms in total. The zero-order valence-corrected chi connectivity index (χ0v) is 56.4. The average molecular weight is 1450 g/mol. The number of aliphatic hydroxyl groups is 1. The average Bonchev–Trinajstić information content (AvgIpc) is 1.25. The molecule has 0 radical (unpaired) electrons. The maximum Gasteiger partial charge on any atom is 0.317 e. The fourth-order valence-electron chi connectivity index (χ4n) is 11.3. The van der Waals surface area contributed by atoms with E-state index in [1.807, 2.05) is 45.0 Å². The van der Waals surface area contributed by atoms with E-state index in [9.17, 15) is 63.0 Å². The molecule has 516 valence electrons. The Kier molecular flexibility index (Phi) is 33.4. The lowest BCUT2D eigenvalue weighted by Gasteiger charge is -2.33. The zero-order chi connectivity index (χ0) is 67.7. The van der Waals surface area contributed by atoms with Gasteiger partial charge in [0.2, 0.25) is 23.6 Å². The number of halogens is 2. The van der Waals surface area contributed by atoms with Crippen molar-refractivity contribution >= 4 is 99.6 Å². The highest BCUT2D eigenvalue weighted by Crippen LogP contribution is 2.30. The zero-order valence-electron chi connectivity index (χ0n) is 53.4. The topological polar surface area (TPSA) is 335 Å². The molecular weight excluding hydrogens is 1350 g/mol. The van der Waals surface area contributed by atoms with Gasteiger partial charge in [-0.15, -0.1) is 0 Å². The molecule has 6 amide bonds. The fourth-order valence-corrected chi connectivity index (χ4v) is 12.4. The van der Waals surface area contributed by atoms with E-state index in [0.717, 1.165) is 52.6 Å². The summed E-state index contributed by atoms with van der Waals surface area (Å²) in [6.45, 7) is 5.62. The molecule has 3 saturated heterocycles. The number of thioether (sulfide) groups is 1. The van der Waals surface area contributed by atoms with Crippen LogP contribution in [0.3, 0.4) is 0 Å². The van der Waals surface area contributed by atoms with Gasteiger partial charge in [-0.2, -0.15) is 17.0 Å². The second kappa shape index (κ2) is 41.2. The monoisotopic (exact) mass is 1440 g/mol. The van der Waals surface area contributed by atoms with E-state index in [0.29, 0.717) is 113 Å². The van der Waals surface area contributed by atoms with E-state index in [2.05, 4.69) is 48.8 Å². The molecular formula is C64H90FIN12O15S. The van der Waals surface area contributed by atoms with Crippen molar-refractivity contribution < 1.29 is 76.7 Å². The van der Waals surface area contributed by atoms with Crippen LogP contribution in [0.1, 0.15) is 80.6 Å². The summed E-state index contributed by atoms with van der Waals surface area (Å²) in [6.07, 6.45) is 6.19. The number of piperidine rings is 1. The van der Waals surface area contributed by atoms with E-state index in [1.165, 1.54) is 24.9 Å². The molecule has 0 saturated carbocycles. The van der Waals surface area contributed by atoms with Crippen molar-refractivity contribution in [2.75, 3.05) is 150 Å². The Morgan fingerprint density at radius 1 is 0.819 bits per heavy atom. The van der Waals surface area contributed by atoms with Gasteiger partial charge in [-0.1, -0.05) is 18.6 Å². The van der Waals surface area contributed by atoms with Crippen LogP contribution < -0.4 is 26.0 Å². The lowest BCUT2D eigenvalue weighted by atomic mass is 9.91. The summed E-state index contributed by atoms with van der Waals surface area (Å²) in [5.74, 6) is -2.14. The van der Waals surface area contributed by atoms with Crippen molar-refractivity contribution in [3.05, 3.63) is 69.4 Å². The lowest BCUT2D eigenvalue weighted by Crippen LogP contribution is -2.52. The number of unbranched alkanes of at least 4 members (excludes halogenated alkanes) is 1. The molecule has 6 N–H and O–H groups in total. The number of rotatable bonds is 37. The minimum absolute atomic E-state index is 0.0169. The van der Waals surface area contributed by atoms with Gasteiger partial charge >= 0.3 is 5.97 Å². The van der Waals surface area contributed by atoms with Crippen molar-refractivity contribution in [1.82, 2.24) is 55.7 Å². The Bertz CT molecular complexity index is 2980. The normalized spacial score (nSPS) is 18.7. The number of carbonyl (C=O) groups excluding carboxylic acids is 8. The molecule has 3 aliphatic heterocycles. The minimum Gasteiger partial charge on any atom is -0.494 e. The predicted molar refractivity (Wildman–Crippen MR) is 354 cm³/mol. The van der Waals surface area contributed by atoms with Crippen molar-refractivity contribution in [2.45, 2.75) is 95.0 Å². The molecule has 0 aliphatic carbocycles. The van der Waals surface area contributed by atoms with E-state index in [1.54, 1.807) is 34.1 Å². The Morgan fingerprint density at radius 2 is 1.49 bits per heavy atom. The molecule has 0 bridgehead atoms. The molecule has 6 rings (SSSR count). The number of nitrogens with one attached hydrogen (secondary N) is 4. The van der Waals surface area contributed by atoms with E-state index in [-0.39, 0.29) is 108 Å². The maximum absolute atomic E-state index is 14.6. The number of aryl methyl sites for hydroxylation is 1. The minimum atomic E-state index is -1.68. The number of nitrogens with zero attached hydrogens (tertiary/aromatic N) is 8. The van der Waals surface area contributed by atoms with E-state index < -0.39 is 60.0 Å². The quantitative estimate of drug-likeness (QED) is 0.0273. The van der Waals surface area contributed by atoms with Crippen LogP contribution in [0.5, 0.6) is 5.75 Å². The van der Waals surface area contributed by atoms with Crippen LogP contribution in [0.2, 0.25) is 0 Å². The van der Waals surface area contributed by atoms with Gasteiger partial charge in [-0.25, -0.2) is 4.39 Å². The molecule has 94 heavy (non-hydrogen) atoms. The van der Waals surface area contributed by atoms with Crippen molar-refractivity contribution in [1.29, 1.82) is 5.26 Å². The summed E-state index contributed by atoms with van der Waals surface area (Å²) in [4.78, 5) is 128. The van der Waals surface area contributed by atoms with Gasteiger partial charge in [0.15, 0.2) is 0 Å². The summed E-state index contributed by atoms with van der Waals surface area (Å²) < 4.78 is 37.7. The van der Waals surface area contributed by atoms with Crippen molar-refractivity contribution in [3.8, 4) is 11.8 Å². The number of alkyl halides is 1. The van der Waals surface area contributed by atoms with Crippen LogP contribution in [0, 0.1) is 20.8 Å². The van der Waals surface area contributed by atoms with Crippen LogP contribution in [0.15, 0.2) is 54.7 Å². The number of pyridine rings is 1. The second-order valence-corrected chi connectivity index (χ2v) is 26.2. The molecule has 1 aromatic heterocycles. The Labute approximate surface area is 565 Å². The number of amides is 6. The highest BCUT2D eigenvalue weighted by atomic mass is 127. The van der Waals surface area contributed by atoms with Crippen LogP contribution in [0.4, 0.5) is 4.39 Å². The smallest absolute Gasteiger partial charge is 0.317 e. The van der Waals surface area contributed by atoms with Crippen molar-refractivity contribution in [3.63, 3.8) is 0 Å². The number of ether oxygens (including phenoxy) is 4. The van der Waals surface area contributed by atoms with Gasteiger partial charge in [-0.3, -0.25) is 67.7 Å².